The Hall–Kier alpha value is -2.33. The molecule has 1 aliphatic heterocycles. The smallest absolute Gasteiger partial charge is 0.223 e. The Morgan fingerprint density at radius 1 is 0.962 bits per heavy atom. The van der Waals surface area contributed by atoms with Crippen molar-refractivity contribution in [2.75, 3.05) is 13.1 Å². The number of ketones is 1. The lowest BCUT2D eigenvalue weighted by Crippen LogP contribution is -2.38. The van der Waals surface area contributed by atoms with Crippen molar-refractivity contribution in [1.82, 2.24) is 4.90 Å². The van der Waals surface area contributed by atoms with Crippen molar-refractivity contribution in [3.63, 3.8) is 0 Å². The number of carbonyl (C=O) groups is 2. The van der Waals surface area contributed by atoms with E-state index < -0.39 is 0 Å². The average molecular weight is 372 g/mol. The van der Waals surface area contributed by atoms with E-state index in [-0.39, 0.29) is 30.3 Å². The van der Waals surface area contributed by atoms with Gasteiger partial charge in [-0.3, -0.25) is 9.59 Å². The van der Waals surface area contributed by atoms with Crippen molar-refractivity contribution < 1.29 is 14.7 Å². The Bertz CT molecular complexity index is 763. The van der Waals surface area contributed by atoms with E-state index in [0.717, 1.165) is 12.8 Å². The number of amides is 1. The van der Waals surface area contributed by atoms with Gasteiger partial charge >= 0.3 is 0 Å². The zero-order valence-corrected chi connectivity index (χ0v) is 15.3. The van der Waals surface area contributed by atoms with Crippen LogP contribution in [0.15, 0.2) is 48.5 Å². The van der Waals surface area contributed by atoms with Gasteiger partial charge in [0.25, 0.3) is 0 Å². The molecule has 1 fully saturated rings. The van der Waals surface area contributed by atoms with Crippen LogP contribution in [0.4, 0.5) is 0 Å². The van der Waals surface area contributed by atoms with Crippen LogP contribution in [0.3, 0.4) is 0 Å². The third kappa shape index (κ3) is 4.64. The van der Waals surface area contributed by atoms with Crippen molar-refractivity contribution in [2.24, 2.45) is 0 Å². The number of Topliss-reactive ketones (excluding diaryl/α,β-unsaturated/α-hetero) is 1. The van der Waals surface area contributed by atoms with Gasteiger partial charge < -0.3 is 10.0 Å². The lowest BCUT2D eigenvalue weighted by molar-refractivity contribution is -0.132. The molecule has 1 aliphatic rings. The zero-order chi connectivity index (χ0) is 18.5. The fourth-order valence-electron chi connectivity index (χ4n) is 3.37. The Morgan fingerprint density at radius 3 is 2.19 bits per heavy atom. The Labute approximate surface area is 158 Å². The van der Waals surface area contributed by atoms with E-state index in [0.29, 0.717) is 29.6 Å². The minimum atomic E-state index is -0.0333. The maximum Gasteiger partial charge on any atom is 0.223 e. The van der Waals surface area contributed by atoms with Gasteiger partial charge in [0.05, 0.1) is 0 Å². The topological polar surface area (TPSA) is 57.6 Å². The molecule has 2 aromatic carbocycles. The molecule has 0 radical (unpaired) electrons. The molecule has 2 aromatic rings. The number of piperidine rings is 1. The van der Waals surface area contributed by atoms with Crippen molar-refractivity contribution in [2.45, 2.75) is 31.6 Å². The monoisotopic (exact) mass is 371 g/mol. The highest BCUT2D eigenvalue weighted by Gasteiger charge is 2.24. The van der Waals surface area contributed by atoms with Gasteiger partial charge in [0.2, 0.25) is 5.91 Å². The minimum Gasteiger partial charge on any atom is -0.508 e. The van der Waals surface area contributed by atoms with Gasteiger partial charge in [-0.25, -0.2) is 0 Å². The van der Waals surface area contributed by atoms with Gasteiger partial charge in [0.1, 0.15) is 5.75 Å². The third-order valence-corrected chi connectivity index (χ3v) is 5.20. The molecule has 0 unspecified atom stereocenters. The van der Waals surface area contributed by atoms with E-state index in [4.69, 9.17) is 11.6 Å². The fourth-order valence-corrected chi connectivity index (χ4v) is 3.49. The van der Waals surface area contributed by atoms with E-state index in [9.17, 15) is 14.7 Å². The van der Waals surface area contributed by atoms with Crippen LogP contribution in [0.1, 0.15) is 47.5 Å². The first-order valence-electron chi connectivity index (χ1n) is 8.88. The molecular formula is C21H22ClNO3. The first kappa shape index (κ1) is 18.5. The average Bonchev–Trinajstić information content (AvgIpc) is 2.67. The number of benzene rings is 2. The molecule has 0 bridgehead atoms. The van der Waals surface area contributed by atoms with Crippen LogP contribution < -0.4 is 0 Å². The Morgan fingerprint density at radius 2 is 1.58 bits per heavy atom. The van der Waals surface area contributed by atoms with Crippen LogP contribution >= 0.6 is 11.6 Å². The number of phenolic OH excluding ortho intramolecular Hbond substituents is 1. The number of nitrogens with zero attached hydrogens (tertiary/aromatic N) is 1. The minimum absolute atomic E-state index is 0.0333. The summed E-state index contributed by atoms with van der Waals surface area (Å²) in [5.41, 5.74) is 1.79. The molecule has 0 aliphatic carbocycles. The predicted molar refractivity (Wildman–Crippen MR) is 102 cm³/mol. The molecular weight excluding hydrogens is 350 g/mol. The molecule has 0 saturated carbocycles. The number of hydrogen-bond acceptors (Lipinski definition) is 3. The van der Waals surface area contributed by atoms with Gasteiger partial charge in [-0.2, -0.15) is 0 Å². The lowest BCUT2D eigenvalue weighted by Gasteiger charge is -2.32. The van der Waals surface area contributed by atoms with Crippen molar-refractivity contribution >= 4 is 23.3 Å². The van der Waals surface area contributed by atoms with Gasteiger partial charge in [-0.1, -0.05) is 23.7 Å². The molecule has 1 N–H and O–H groups in total. The van der Waals surface area contributed by atoms with Crippen LogP contribution in [0.25, 0.3) is 0 Å². The maximum absolute atomic E-state index is 12.4. The quantitative estimate of drug-likeness (QED) is 0.792. The molecule has 136 valence electrons. The first-order chi connectivity index (χ1) is 12.5. The fraction of sp³-hybridized carbons (Fsp3) is 0.333. The second-order valence-corrected chi connectivity index (χ2v) is 7.11. The number of likely N-dealkylation sites (tertiary alicyclic amines) is 1. The van der Waals surface area contributed by atoms with Crippen LogP contribution in [0.2, 0.25) is 5.02 Å². The van der Waals surface area contributed by atoms with Crippen LogP contribution in [-0.4, -0.2) is 34.8 Å². The molecule has 0 spiro atoms. The van der Waals surface area contributed by atoms with E-state index in [1.807, 2.05) is 17.0 Å². The summed E-state index contributed by atoms with van der Waals surface area (Å²) in [7, 11) is 0. The highest BCUT2D eigenvalue weighted by atomic mass is 35.5. The molecule has 3 rings (SSSR count). The molecule has 1 saturated heterocycles. The Balaban J connectivity index is 1.47. The summed E-state index contributed by atoms with van der Waals surface area (Å²) in [6.45, 7) is 1.42. The molecule has 5 heteroatoms. The number of halogens is 1. The predicted octanol–water partition coefficient (Wildman–Crippen LogP) is 4.41. The largest absolute Gasteiger partial charge is 0.508 e. The second-order valence-electron chi connectivity index (χ2n) is 6.68. The summed E-state index contributed by atoms with van der Waals surface area (Å²) in [5, 5.41) is 9.97. The van der Waals surface area contributed by atoms with Crippen LogP contribution in [-0.2, 0) is 4.79 Å². The first-order valence-corrected chi connectivity index (χ1v) is 9.26. The van der Waals surface area contributed by atoms with Gasteiger partial charge in [-0.05, 0) is 60.7 Å². The molecule has 0 aromatic heterocycles. The van der Waals surface area contributed by atoms with Crippen molar-refractivity contribution in [1.29, 1.82) is 0 Å². The van der Waals surface area contributed by atoms with E-state index in [1.54, 1.807) is 36.4 Å². The number of hydrogen-bond donors (Lipinski definition) is 1. The summed E-state index contributed by atoms with van der Waals surface area (Å²) in [5.74, 6) is 0.688. The van der Waals surface area contributed by atoms with E-state index >= 15 is 0 Å². The van der Waals surface area contributed by atoms with Gasteiger partial charge in [0.15, 0.2) is 5.78 Å². The van der Waals surface area contributed by atoms with Crippen LogP contribution in [0, 0.1) is 0 Å². The third-order valence-electron chi connectivity index (χ3n) is 4.94. The van der Waals surface area contributed by atoms with E-state index in [2.05, 4.69) is 0 Å². The van der Waals surface area contributed by atoms with E-state index in [1.165, 1.54) is 5.56 Å². The number of aromatic hydroxyl groups is 1. The Kier molecular flexibility index (Phi) is 5.94. The highest BCUT2D eigenvalue weighted by Crippen LogP contribution is 2.29. The summed E-state index contributed by atoms with van der Waals surface area (Å²) >= 11 is 5.82. The highest BCUT2D eigenvalue weighted by molar-refractivity contribution is 6.30. The molecule has 4 nitrogen and oxygen atoms in total. The second kappa shape index (κ2) is 8.37. The standard InChI is InChI=1S/C21H22ClNO3/c22-18-5-1-17(2-6-18)20(25)9-10-21(26)23-13-11-16(12-14-23)15-3-7-19(24)8-4-15/h1-8,16,24H,9-14H2. The summed E-state index contributed by atoms with van der Waals surface area (Å²) in [6, 6.07) is 14.1. The molecule has 0 atom stereocenters. The van der Waals surface area contributed by atoms with Gasteiger partial charge in [-0.15, -0.1) is 0 Å². The van der Waals surface area contributed by atoms with Crippen LogP contribution in [0.5, 0.6) is 5.75 Å². The summed E-state index contributed by atoms with van der Waals surface area (Å²) in [6.07, 6.45) is 2.27. The van der Waals surface area contributed by atoms with Crippen molar-refractivity contribution in [3.8, 4) is 5.75 Å². The molecule has 26 heavy (non-hydrogen) atoms. The SMILES string of the molecule is O=C(CCC(=O)N1CCC(c2ccc(O)cc2)CC1)c1ccc(Cl)cc1. The van der Waals surface area contributed by atoms with Gasteiger partial charge in [0, 0.05) is 36.5 Å². The summed E-state index contributed by atoms with van der Waals surface area (Å²) in [4.78, 5) is 26.4. The number of phenols is 1. The zero-order valence-electron chi connectivity index (χ0n) is 14.5. The molecule has 1 heterocycles. The lowest BCUT2D eigenvalue weighted by atomic mass is 9.89. The summed E-state index contributed by atoms with van der Waals surface area (Å²) < 4.78 is 0. The molecule has 1 amide bonds. The number of rotatable bonds is 5. The van der Waals surface area contributed by atoms with Crippen molar-refractivity contribution in [3.05, 3.63) is 64.7 Å². The maximum atomic E-state index is 12.4. The number of carbonyl (C=O) groups excluding carboxylic acids is 2. The normalized spacial score (nSPS) is 15.0.